The highest BCUT2D eigenvalue weighted by Gasteiger charge is 2.33. The van der Waals surface area contributed by atoms with Gasteiger partial charge in [-0.1, -0.05) is 23.2 Å². The maximum absolute atomic E-state index is 12.1. The third-order valence-corrected chi connectivity index (χ3v) is 4.39. The monoisotopic (exact) mass is 354 g/mol. The van der Waals surface area contributed by atoms with Crippen LogP contribution in [0.3, 0.4) is 0 Å². The number of methoxy groups -OCH3 is 1. The Kier molecular flexibility index (Phi) is 4.84. The van der Waals surface area contributed by atoms with E-state index in [1.807, 2.05) is 0 Å². The molecule has 2 aromatic rings. The molecule has 1 aromatic heterocycles. The standard InChI is InChI=1S/C15H16Cl2N4O2/c1-23-5-4-20-8-10(6-14(20)22)15-18-9-19-21(15)13-3-2-11(16)7-12(13)17/h2-3,7,9-10H,4-6,8H2,1H3/t10-/m0/s1. The van der Waals surface area contributed by atoms with Gasteiger partial charge in [-0.25, -0.2) is 9.67 Å². The fraction of sp³-hybridized carbons (Fsp3) is 0.400. The molecule has 1 saturated heterocycles. The van der Waals surface area contributed by atoms with Crippen molar-refractivity contribution in [1.82, 2.24) is 19.7 Å². The molecule has 0 unspecified atom stereocenters. The van der Waals surface area contributed by atoms with E-state index < -0.39 is 0 Å². The number of halogens is 2. The highest BCUT2D eigenvalue weighted by atomic mass is 35.5. The van der Waals surface area contributed by atoms with Gasteiger partial charge in [0.1, 0.15) is 12.2 Å². The largest absolute Gasteiger partial charge is 0.383 e. The van der Waals surface area contributed by atoms with Crippen LogP contribution in [0.15, 0.2) is 24.5 Å². The Morgan fingerprint density at radius 2 is 2.22 bits per heavy atom. The summed E-state index contributed by atoms with van der Waals surface area (Å²) < 4.78 is 6.72. The van der Waals surface area contributed by atoms with Crippen LogP contribution < -0.4 is 0 Å². The van der Waals surface area contributed by atoms with Crippen molar-refractivity contribution in [1.29, 1.82) is 0 Å². The number of hydrogen-bond acceptors (Lipinski definition) is 4. The topological polar surface area (TPSA) is 60.2 Å². The molecule has 1 fully saturated rings. The molecule has 1 atom stereocenters. The van der Waals surface area contributed by atoms with Crippen molar-refractivity contribution in [3.8, 4) is 5.69 Å². The lowest BCUT2D eigenvalue weighted by molar-refractivity contribution is -0.128. The minimum absolute atomic E-state index is 0.0198. The minimum atomic E-state index is -0.0198. The van der Waals surface area contributed by atoms with E-state index >= 15 is 0 Å². The van der Waals surface area contributed by atoms with Crippen LogP contribution in [-0.4, -0.2) is 52.4 Å². The summed E-state index contributed by atoms with van der Waals surface area (Å²) in [4.78, 5) is 18.2. The number of likely N-dealkylation sites (tertiary alicyclic amines) is 1. The van der Waals surface area contributed by atoms with E-state index in [9.17, 15) is 4.79 Å². The molecule has 1 aromatic carbocycles. The number of hydrogen-bond donors (Lipinski definition) is 0. The Balaban J connectivity index is 1.86. The molecule has 1 aliphatic heterocycles. The second kappa shape index (κ2) is 6.86. The van der Waals surface area contributed by atoms with Gasteiger partial charge in [-0.3, -0.25) is 4.79 Å². The summed E-state index contributed by atoms with van der Waals surface area (Å²) in [5, 5.41) is 5.31. The maximum atomic E-state index is 12.1. The van der Waals surface area contributed by atoms with Crippen molar-refractivity contribution >= 4 is 29.1 Å². The Morgan fingerprint density at radius 1 is 1.39 bits per heavy atom. The van der Waals surface area contributed by atoms with E-state index in [4.69, 9.17) is 27.9 Å². The number of carbonyl (C=O) groups is 1. The van der Waals surface area contributed by atoms with Crippen molar-refractivity contribution in [2.24, 2.45) is 0 Å². The highest BCUT2D eigenvalue weighted by molar-refractivity contribution is 6.35. The van der Waals surface area contributed by atoms with Crippen LogP contribution in [0.1, 0.15) is 18.2 Å². The van der Waals surface area contributed by atoms with Gasteiger partial charge in [0.15, 0.2) is 0 Å². The van der Waals surface area contributed by atoms with Crippen molar-refractivity contribution in [3.05, 3.63) is 40.4 Å². The third-order valence-electron chi connectivity index (χ3n) is 3.86. The number of aromatic nitrogens is 3. The molecule has 2 heterocycles. The van der Waals surface area contributed by atoms with Crippen molar-refractivity contribution in [2.45, 2.75) is 12.3 Å². The van der Waals surface area contributed by atoms with Crippen LogP contribution in [0, 0.1) is 0 Å². The van der Waals surface area contributed by atoms with Crippen molar-refractivity contribution in [2.75, 3.05) is 26.8 Å². The lowest BCUT2D eigenvalue weighted by atomic mass is 10.1. The number of nitrogens with zero attached hydrogens (tertiary/aromatic N) is 4. The molecule has 0 saturated carbocycles. The van der Waals surface area contributed by atoms with Crippen LogP contribution in [0.5, 0.6) is 0 Å². The maximum Gasteiger partial charge on any atom is 0.223 e. The average molecular weight is 355 g/mol. The van der Waals surface area contributed by atoms with Gasteiger partial charge in [-0.15, -0.1) is 0 Å². The molecule has 0 radical (unpaired) electrons. The molecule has 0 aliphatic carbocycles. The molecule has 0 spiro atoms. The lowest BCUT2D eigenvalue weighted by Crippen LogP contribution is -2.28. The van der Waals surface area contributed by atoms with Gasteiger partial charge in [0.05, 0.1) is 17.3 Å². The first-order valence-corrected chi connectivity index (χ1v) is 7.97. The Bertz CT molecular complexity index is 719. The predicted molar refractivity (Wildman–Crippen MR) is 87.2 cm³/mol. The average Bonchev–Trinajstić information content (AvgIpc) is 3.12. The van der Waals surface area contributed by atoms with Crippen LogP contribution >= 0.6 is 23.2 Å². The Labute approximate surface area is 144 Å². The van der Waals surface area contributed by atoms with Gasteiger partial charge in [0.25, 0.3) is 0 Å². The Hall–Kier alpha value is -1.63. The van der Waals surface area contributed by atoms with Gasteiger partial charge in [0, 0.05) is 37.6 Å². The minimum Gasteiger partial charge on any atom is -0.383 e. The molecule has 122 valence electrons. The van der Waals surface area contributed by atoms with Gasteiger partial charge < -0.3 is 9.64 Å². The summed E-state index contributed by atoms with van der Waals surface area (Å²) in [6, 6.07) is 5.20. The zero-order chi connectivity index (χ0) is 16.4. The van der Waals surface area contributed by atoms with Gasteiger partial charge in [-0.05, 0) is 18.2 Å². The van der Waals surface area contributed by atoms with Crippen LogP contribution in [0.4, 0.5) is 0 Å². The van der Waals surface area contributed by atoms with E-state index in [2.05, 4.69) is 10.1 Å². The summed E-state index contributed by atoms with van der Waals surface area (Å²) >= 11 is 12.2. The van der Waals surface area contributed by atoms with Crippen molar-refractivity contribution < 1.29 is 9.53 Å². The first-order chi connectivity index (χ1) is 11.1. The molecule has 8 heteroatoms. The third kappa shape index (κ3) is 3.34. The first-order valence-electron chi connectivity index (χ1n) is 7.22. The SMILES string of the molecule is COCCN1C[C@@H](c2ncnn2-c2ccc(Cl)cc2Cl)CC1=O. The fourth-order valence-electron chi connectivity index (χ4n) is 2.73. The molecule has 23 heavy (non-hydrogen) atoms. The molecule has 3 rings (SSSR count). The highest BCUT2D eigenvalue weighted by Crippen LogP contribution is 2.30. The molecule has 0 bridgehead atoms. The number of ether oxygens (including phenoxy) is 1. The molecular formula is C15H16Cl2N4O2. The van der Waals surface area contributed by atoms with E-state index in [0.29, 0.717) is 41.8 Å². The number of carbonyl (C=O) groups excluding carboxylic acids is 1. The summed E-state index contributed by atoms with van der Waals surface area (Å²) in [5.74, 6) is 0.805. The molecule has 6 nitrogen and oxygen atoms in total. The Morgan fingerprint density at radius 3 is 2.96 bits per heavy atom. The lowest BCUT2D eigenvalue weighted by Gasteiger charge is -2.16. The van der Waals surface area contributed by atoms with Gasteiger partial charge in [0.2, 0.25) is 5.91 Å². The first kappa shape index (κ1) is 16.2. The van der Waals surface area contributed by atoms with Crippen LogP contribution in [0.2, 0.25) is 10.0 Å². The summed E-state index contributed by atoms with van der Waals surface area (Å²) in [7, 11) is 1.62. The summed E-state index contributed by atoms with van der Waals surface area (Å²) in [6.07, 6.45) is 1.89. The zero-order valence-electron chi connectivity index (χ0n) is 12.6. The quantitative estimate of drug-likeness (QED) is 0.827. The molecular weight excluding hydrogens is 339 g/mol. The van der Waals surface area contributed by atoms with E-state index in [0.717, 1.165) is 5.82 Å². The molecule has 0 N–H and O–H groups in total. The van der Waals surface area contributed by atoms with E-state index in [1.54, 1.807) is 34.9 Å². The summed E-state index contributed by atoms with van der Waals surface area (Å²) in [5.41, 5.74) is 0.700. The molecule has 1 aliphatic rings. The smallest absolute Gasteiger partial charge is 0.223 e. The van der Waals surface area contributed by atoms with E-state index in [1.165, 1.54) is 6.33 Å². The number of amides is 1. The van der Waals surface area contributed by atoms with Crippen LogP contribution in [-0.2, 0) is 9.53 Å². The molecule has 1 amide bonds. The van der Waals surface area contributed by atoms with E-state index in [-0.39, 0.29) is 11.8 Å². The summed E-state index contributed by atoms with van der Waals surface area (Å²) in [6.45, 7) is 1.71. The normalized spacial score (nSPS) is 18.0. The number of benzene rings is 1. The second-order valence-electron chi connectivity index (χ2n) is 5.36. The zero-order valence-corrected chi connectivity index (χ0v) is 14.1. The van der Waals surface area contributed by atoms with Crippen molar-refractivity contribution in [3.63, 3.8) is 0 Å². The van der Waals surface area contributed by atoms with Gasteiger partial charge in [-0.2, -0.15) is 5.10 Å². The van der Waals surface area contributed by atoms with Gasteiger partial charge >= 0.3 is 0 Å². The predicted octanol–water partition coefficient (Wildman–Crippen LogP) is 2.54. The van der Waals surface area contributed by atoms with Crippen LogP contribution in [0.25, 0.3) is 5.69 Å². The number of rotatable bonds is 5. The fourth-order valence-corrected chi connectivity index (χ4v) is 3.22. The second-order valence-corrected chi connectivity index (χ2v) is 6.20.